The summed E-state index contributed by atoms with van der Waals surface area (Å²) in [5, 5.41) is 5.22. The Morgan fingerprint density at radius 2 is 2.07 bits per heavy atom. The van der Waals surface area contributed by atoms with Gasteiger partial charge in [-0.15, -0.1) is 0 Å². The number of rotatable bonds is 6. The molecule has 29 heavy (non-hydrogen) atoms. The summed E-state index contributed by atoms with van der Waals surface area (Å²) in [6.07, 6.45) is 1.30. The molecule has 0 unspecified atom stereocenters. The van der Waals surface area contributed by atoms with Crippen molar-refractivity contribution >= 4 is 39.3 Å². The first-order valence-electron chi connectivity index (χ1n) is 8.20. The predicted octanol–water partition coefficient (Wildman–Crippen LogP) is 1.78. The highest BCUT2D eigenvalue weighted by atomic mass is 35.5. The van der Waals surface area contributed by atoms with Crippen LogP contribution >= 0.6 is 11.6 Å². The Morgan fingerprint density at radius 3 is 2.76 bits per heavy atom. The minimum absolute atomic E-state index is 0.0222. The zero-order valence-electron chi connectivity index (χ0n) is 15.2. The highest BCUT2D eigenvalue weighted by Crippen LogP contribution is 2.18. The Balaban J connectivity index is 1.89. The molecule has 14 heteroatoms. The van der Waals surface area contributed by atoms with Gasteiger partial charge in [-0.3, -0.25) is 5.32 Å². The molecule has 0 atom stereocenters. The summed E-state index contributed by atoms with van der Waals surface area (Å²) in [5.74, 6) is -1.57. The predicted molar refractivity (Wildman–Crippen MR) is 99.9 cm³/mol. The Kier molecular flexibility index (Phi) is 5.79. The molecule has 2 N–H and O–H groups in total. The zero-order valence-corrected chi connectivity index (χ0v) is 16.8. The van der Waals surface area contributed by atoms with Gasteiger partial charge in [0.25, 0.3) is 16.0 Å². The van der Waals surface area contributed by atoms with Gasteiger partial charge in [-0.1, -0.05) is 24.9 Å². The van der Waals surface area contributed by atoms with E-state index in [0.29, 0.717) is 12.1 Å². The fourth-order valence-electron chi connectivity index (χ4n) is 2.39. The van der Waals surface area contributed by atoms with Crippen LogP contribution in [0, 0.1) is 5.95 Å². The molecule has 0 radical (unpaired) electrons. The number of carbonyl (C=O) groups is 1. The molecule has 2 amide bonds. The SMILES string of the molecule is CCCc1ccc2nc(F)c(S(=O)(=O)NC(=O)Nc3nc(Cl)cc(OC)n3)n2n1. The maximum atomic E-state index is 14.3. The molecule has 154 valence electrons. The van der Waals surface area contributed by atoms with E-state index in [-0.39, 0.29) is 22.6 Å². The first kappa shape index (κ1) is 20.7. The van der Waals surface area contributed by atoms with Crippen LogP contribution in [0.5, 0.6) is 5.88 Å². The van der Waals surface area contributed by atoms with Crippen molar-refractivity contribution in [2.75, 3.05) is 12.4 Å². The zero-order chi connectivity index (χ0) is 21.2. The summed E-state index contributed by atoms with van der Waals surface area (Å²) in [5.41, 5.74) is 0.517. The number of nitrogens with zero attached hydrogens (tertiary/aromatic N) is 5. The van der Waals surface area contributed by atoms with E-state index in [1.165, 1.54) is 19.2 Å². The molecule has 0 aromatic carbocycles. The lowest BCUT2D eigenvalue weighted by atomic mass is 10.2. The molecule has 0 bridgehead atoms. The second kappa shape index (κ2) is 8.13. The number of urea groups is 1. The first-order chi connectivity index (χ1) is 13.7. The fourth-order valence-corrected chi connectivity index (χ4v) is 3.59. The third-order valence-electron chi connectivity index (χ3n) is 3.55. The van der Waals surface area contributed by atoms with Crippen molar-refractivity contribution in [2.45, 2.75) is 24.8 Å². The van der Waals surface area contributed by atoms with Crippen molar-refractivity contribution in [2.24, 2.45) is 0 Å². The van der Waals surface area contributed by atoms with Crippen molar-refractivity contribution in [1.82, 2.24) is 29.3 Å². The van der Waals surface area contributed by atoms with Gasteiger partial charge in [0.05, 0.1) is 12.8 Å². The number of fused-ring (bicyclic) bond motifs is 1. The minimum atomic E-state index is -4.67. The molecule has 3 heterocycles. The highest BCUT2D eigenvalue weighted by Gasteiger charge is 2.29. The number of amides is 2. The van der Waals surface area contributed by atoms with Gasteiger partial charge in [-0.2, -0.15) is 32.4 Å². The molecule has 0 saturated heterocycles. The van der Waals surface area contributed by atoms with Crippen LogP contribution in [0.3, 0.4) is 0 Å². The Morgan fingerprint density at radius 1 is 1.31 bits per heavy atom. The minimum Gasteiger partial charge on any atom is -0.481 e. The number of ether oxygens (including phenoxy) is 1. The molecule has 0 spiro atoms. The fraction of sp³-hybridized carbons (Fsp3) is 0.267. The van der Waals surface area contributed by atoms with Crippen LogP contribution in [-0.4, -0.2) is 46.1 Å². The number of anilines is 1. The third kappa shape index (κ3) is 4.51. The van der Waals surface area contributed by atoms with E-state index in [9.17, 15) is 17.6 Å². The van der Waals surface area contributed by atoms with Gasteiger partial charge in [-0.05, 0) is 18.6 Å². The number of carbonyl (C=O) groups excluding carboxylic acids is 1. The summed E-state index contributed by atoms with van der Waals surface area (Å²) in [7, 11) is -3.35. The lowest BCUT2D eigenvalue weighted by molar-refractivity contribution is 0.256. The molecule has 3 aromatic rings. The van der Waals surface area contributed by atoms with Crippen LogP contribution in [0.15, 0.2) is 23.2 Å². The van der Waals surface area contributed by atoms with Gasteiger partial charge < -0.3 is 4.74 Å². The summed E-state index contributed by atoms with van der Waals surface area (Å²) >= 11 is 5.76. The van der Waals surface area contributed by atoms with Crippen LogP contribution in [0.25, 0.3) is 5.65 Å². The van der Waals surface area contributed by atoms with E-state index in [4.69, 9.17) is 16.3 Å². The van der Waals surface area contributed by atoms with Crippen molar-refractivity contribution in [3.63, 3.8) is 0 Å². The number of aromatic nitrogens is 5. The number of imidazole rings is 1. The molecular weight excluding hydrogens is 429 g/mol. The van der Waals surface area contributed by atoms with Crippen molar-refractivity contribution in [1.29, 1.82) is 0 Å². The second-order valence-corrected chi connectivity index (χ2v) is 7.65. The third-order valence-corrected chi connectivity index (χ3v) is 5.04. The van der Waals surface area contributed by atoms with E-state index < -0.39 is 27.0 Å². The van der Waals surface area contributed by atoms with Crippen molar-refractivity contribution in [3.05, 3.63) is 35.0 Å². The quantitative estimate of drug-likeness (QED) is 0.549. The average Bonchev–Trinajstić information content (AvgIpc) is 2.96. The van der Waals surface area contributed by atoms with E-state index in [2.05, 4.69) is 25.4 Å². The monoisotopic (exact) mass is 443 g/mol. The molecule has 0 saturated carbocycles. The molecule has 0 aliphatic carbocycles. The van der Waals surface area contributed by atoms with Gasteiger partial charge >= 0.3 is 6.03 Å². The molecule has 0 aliphatic heterocycles. The van der Waals surface area contributed by atoms with Gasteiger partial charge in [0, 0.05) is 6.07 Å². The van der Waals surface area contributed by atoms with Crippen LogP contribution < -0.4 is 14.8 Å². The summed E-state index contributed by atoms with van der Waals surface area (Å²) in [4.78, 5) is 23.2. The molecular formula is C15H15ClFN7O4S. The van der Waals surface area contributed by atoms with Crippen LogP contribution in [0.1, 0.15) is 19.0 Å². The van der Waals surface area contributed by atoms with E-state index in [0.717, 1.165) is 10.9 Å². The van der Waals surface area contributed by atoms with Crippen LogP contribution in [0.4, 0.5) is 15.1 Å². The topological polar surface area (TPSA) is 140 Å². The highest BCUT2D eigenvalue weighted by molar-refractivity contribution is 7.90. The second-order valence-electron chi connectivity index (χ2n) is 5.67. The summed E-state index contributed by atoms with van der Waals surface area (Å²) in [6, 6.07) is 3.10. The van der Waals surface area contributed by atoms with Gasteiger partial charge in [0.1, 0.15) is 5.15 Å². The summed E-state index contributed by atoms with van der Waals surface area (Å²) < 4.78 is 46.8. The molecule has 11 nitrogen and oxygen atoms in total. The van der Waals surface area contributed by atoms with Gasteiger partial charge in [-0.25, -0.2) is 14.5 Å². The van der Waals surface area contributed by atoms with Crippen molar-refractivity contribution < 1.29 is 22.3 Å². The van der Waals surface area contributed by atoms with E-state index >= 15 is 0 Å². The molecule has 3 aromatic heterocycles. The van der Waals surface area contributed by atoms with E-state index in [1.54, 1.807) is 10.8 Å². The average molecular weight is 444 g/mol. The number of aryl methyl sites for hydroxylation is 1. The number of methoxy groups -OCH3 is 1. The van der Waals surface area contributed by atoms with E-state index in [1.807, 2.05) is 6.92 Å². The first-order valence-corrected chi connectivity index (χ1v) is 10.1. The maximum Gasteiger partial charge on any atom is 0.335 e. The maximum absolute atomic E-state index is 14.3. The standard InChI is InChI=1S/C15H15ClFN7O4S/c1-3-4-8-5-6-10-19-12(17)13(24(10)22-8)29(26,27)23-15(25)21-14-18-9(16)7-11(20-14)28-2/h5-7H,3-4H2,1-2H3,(H2,18,20,21,23,25). The smallest absolute Gasteiger partial charge is 0.335 e. The molecule has 0 aliphatic rings. The van der Waals surface area contributed by atoms with Gasteiger partial charge in [0.15, 0.2) is 5.65 Å². The van der Waals surface area contributed by atoms with Gasteiger partial charge in [0.2, 0.25) is 16.9 Å². The molecule has 3 rings (SSSR count). The number of sulfonamides is 1. The molecule has 0 fully saturated rings. The Hall–Kier alpha value is -3.06. The number of hydrogen-bond donors (Lipinski definition) is 2. The Labute approximate surface area is 169 Å². The summed E-state index contributed by atoms with van der Waals surface area (Å²) in [6.45, 7) is 1.91. The lowest BCUT2D eigenvalue weighted by Crippen LogP contribution is -2.36. The van der Waals surface area contributed by atoms with Crippen LogP contribution in [0.2, 0.25) is 5.15 Å². The van der Waals surface area contributed by atoms with Crippen LogP contribution in [-0.2, 0) is 16.4 Å². The largest absolute Gasteiger partial charge is 0.481 e. The lowest BCUT2D eigenvalue weighted by Gasteiger charge is -2.08. The van der Waals surface area contributed by atoms with Crippen molar-refractivity contribution in [3.8, 4) is 5.88 Å². The number of halogens is 2. The normalized spacial score (nSPS) is 11.4. The number of hydrogen-bond acceptors (Lipinski definition) is 8. The number of nitrogens with one attached hydrogen (secondary N) is 2. The Bertz CT molecular complexity index is 1180.